The molecule has 6 heteroatoms. The molecule has 0 saturated carbocycles. The van der Waals surface area contributed by atoms with Crippen LogP contribution in [0.2, 0.25) is 0 Å². The highest BCUT2D eigenvalue weighted by Gasteiger charge is 2.36. The molecule has 1 aromatic heterocycles. The van der Waals surface area contributed by atoms with Crippen LogP contribution in [0.25, 0.3) is 0 Å². The second-order valence-electron chi connectivity index (χ2n) is 2.86. The number of nitrogens with zero attached hydrogens (tertiary/aromatic N) is 1. The van der Waals surface area contributed by atoms with Crippen molar-refractivity contribution in [2.24, 2.45) is 5.73 Å². The number of rotatable bonds is 2. The SMILES string of the molecule is NC(Cc1cncc(Br)c1)C(F)(F)F. The van der Waals surface area contributed by atoms with Gasteiger partial charge in [0.25, 0.3) is 0 Å². The van der Waals surface area contributed by atoms with Crippen LogP contribution in [0.4, 0.5) is 13.2 Å². The molecule has 0 bridgehead atoms. The summed E-state index contributed by atoms with van der Waals surface area (Å²) in [5.74, 6) is 0. The van der Waals surface area contributed by atoms with Gasteiger partial charge in [-0.15, -0.1) is 0 Å². The van der Waals surface area contributed by atoms with Crippen LogP contribution in [0.15, 0.2) is 22.9 Å². The fraction of sp³-hybridized carbons (Fsp3) is 0.375. The van der Waals surface area contributed by atoms with Gasteiger partial charge in [-0.2, -0.15) is 13.2 Å². The first kappa shape index (κ1) is 11.5. The third kappa shape index (κ3) is 3.26. The van der Waals surface area contributed by atoms with E-state index in [1.807, 2.05) is 0 Å². The molecule has 1 rings (SSSR count). The van der Waals surface area contributed by atoms with Gasteiger partial charge in [0, 0.05) is 16.9 Å². The third-order valence-corrected chi connectivity index (χ3v) is 2.07. The number of aromatic nitrogens is 1. The fourth-order valence-electron chi connectivity index (χ4n) is 0.937. The number of hydrogen-bond acceptors (Lipinski definition) is 2. The maximum Gasteiger partial charge on any atom is 0.403 e. The molecule has 1 aromatic rings. The average Bonchev–Trinajstić information content (AvgIpc) is 2.02. The van der Waals surface area contributed by atoms with E-state index in [1.165, 1.54) is 12.4 Å². The number of pyridine rings is 1. The highest BCUT2D eigenvalue weighted by Crippen LogP contribution is 2.21. The zero-order valence-electron chi connectivity index (χ0n) is 7.05. The second-order valence-corrected chi connectivity index (χ2v) is 3.78. The fourth-order valence-corrected chi connectivity index (χ4v) is 1.35. The third-order valence-electron chi connectivity index (χ3n) is 1.64. The van der Waals surface area contributed by atoms with E-state index >= 15 is 0 Å². The monoisotopic (exact) mass is 268 g/mol. The first-order valence-electron chi connectivity index (χ1n) is 3.81. The van der Waals surface area contributed by atoms with Crippen LogP contribution in [0.5, 0.6) is 0 Å². The molecule has 0 fully saturated rings. The Morgan fingerprint density at radius 3 is 2.57 bits per heavy atom. The van der Waals surface area contributed by atoms with E-state index in [1.54, 1.807) is 6.07 Å². The molecule has 0 aliphatic rings. The number of hydrogen-bond donors (Lipinski definition) is 1. The van der Waals surface area contributed by atoms with Crippen LogP contribution in [-0.2, 0) is 6.42 Å². The van der Waals surface area contributed by atoms with Crippen LogP contribution >= 0.6 is 15.9 Å². The molecule has 0 spiro atoms. The Kier molecular flexibility index (Phi) is 3.49. The molecule has 1 atom stereocenters. The Balaban J connectivity index is 2.70. The van der Waals surface area contributed by atoms with Gasteiger partial charge in [0.1, 0.15) is 6.04 Å². The Morgan fingerprint density at radius 1 is 1.43 bits per heavy atom. The van der Waals surface area contributed by atoms with Crippen molar-refractivity contribution in [1.82, 2.24) is 4.98 Å². The summed E-state index contributed by atoms with van der Waals surface area (Å²) in [7, 11) is 0. The normalized spacial score (nSPS) is 14.1. The minimum atomic E-state index is -4.36. The zero-order valence-corrected chi connectivity index (χ0v) is 8.64. The van der Waals surface area contributed by atoms with Crippen molar-refractivity contribution in [2.45, 2.75) is 18.6 Å². The maximum absolute atomic E-state index is 12.1. The molecule has 1 heterocycles. The lowest BCUT2D eigenvalue weighted by Gasteiger charge is -2.15. The van der Waals surface area contributed by atoms with E-state index < -0.39 is 12.2 Å². The minimum absolute atomic E-state index is 0.254. The lowest BCUT2D eigenvalue weighted by Crippen LogP contribution is -2.39. The molecule has 0 radical (unpaired) electrons. The van der Waals surface area contributed by atoms with Gasteiger partial charge in [-0.05, 0) is 34.0 Å². The van der Waals surface area contributed by atoms with Crippen molar-refractivity contribution in [3.05, 3.63) is 28.5 Å². The molecule has 0 amide bonds. The molecule has 0 aromatic carbocycles. The number of alkyl halides is 3. The smallest absolute Gasteiger partial charge is 0.320 e. The summed E-state index contributed by atoms with van der Waals surface area (Å²) in [6.07, 6.45) is -1.74. The molecule has 0 saturated heterocycles. The van der Waals surface area contributed by atoms with Crippen LogP contribution in [0.3, 0.4) is 0 Å². The summed E-state index contributed by atoms with van der Waals surface area (Å²) in [4.78, 5) is 3.75. The summed E-state index contributed by atoms with van der Waals surface area (Å²) in [5, 5.41) is 0. The Morgan fingerprint density at radius 2 is 2.07 bits per heavy atom. The summed E-state index contributed by atoms with van der Waals surface area (Å²) in [6.45, 7) is 0. The first-order chi connectivity index (χ1) is 6.39. The van der Waals surface area contributed by atoms with E-state index in [9.17, 15) is 13.2 Å². The van der Waals surface area contributed by atoms with Gasteiger partial charge >= 0.3 is 6.18 Å². The summed E-state index contributed by atoms with van der Waals surface area (Å²) >= 11 is 3.12. The summed E-state index contributed by atoms with van der Waals surface area (Å²) in [5.41, 5.74) is 5.43. The van der Waals surface area contributed by atoms with Crippen molar-refractivity contribution < 1.29 is 13.2 Å². The Bertz CT molecular complexity index is 314. The largest absolute Gasteiger partial charge is 0.403 e. The van der Waals surface area contributed by atoms with E-state index in [2.05, 4.69) is 20.9 Å². The van der Waals surface area contributed by atoms with E-state index in [-0.39, 0.29) is 6.42 Å². The quantitative estimate of drug-likeness (QED) is 0.894. The topological polar surface area (TPSA) is 38.9 Å². The molecule has 0 aliphatic heterocycles. The standard InChI is InChI=1S/C8H8BrF3N2/c9-6-1-5(3-14-4-6)2-7(13)8(10,11)12/h1,3-4,7H,2,13H2. The lowest BCUT2D eigenvalue weighted by atomic mass is 10.1. The van der Waals surface area contributed by atoms with Crippen LogP contribution in [0, 0.1) is 0 Å². The van der Waals surface area contributed by atoms with Crippen LogP contribution in [-0.4, -0.2) is 17.2 Å². The van der Waals surface area contributed by atoms with Gasteiger partial charge in [-0.1, -0.05) is 0 Å². The van der Waals surface area contributed by atoms with Crippen molar-refractivity contribution in [1.29, 1.82) is 0 Å². The van der Waals surface area contributed by atoms with Gasteiger partial charge in [0.05, 0.1) is 0 Å². The molecule has 2 nitrogen and oxygen atoms in total. The molecule has 2 N–H and O–H groups in total. The van der Waals surface area contributed by atoms with Crippen molar-refractivity contribution in [3.8, 4) is 0 Å². The van der Waals surface area contributed by atoms with E-state index in [0.717, 1.165) is 0 Å². The average molecular weight is 269 g/mol. The Hall–Kier alpha value is -0.620. The van der Waals surface area contributed by atoms with Crippen molar-refractivity contribution >= 4 is 15.9 Å². The van der Waals surface area contributed by atoms with Crippen molar-refractivity contribution in [3.63, 3.8) is 0 Å². The lowest BCUT2D eigenvalue weighted by molar-refractivity contribution is -0.147. The van der Waals surface area contributed by atoms with Crippen LogP contribution < -0.4 is 5.73 Å². The number of halogens is 4. The molecule has 1 unspecified atom stereocenters. The molecular weight excluding hydrogens is 261 g/mol. The summed E-state index contributed by atoms with van der Waals surface area (Å²) < 4.78 is 36.9. The Labute approximate surface area is 87.4 Å². The highest BCUT2D eigenvalue weighted by atomic mass is 79.9. The first-order valence-corrected chi connectivity index (χ1v) is 4.60. The van der Waals surface area contributed by atoms with Gasteiger partial charge in [0.15, 0.2) is 0 Å². The molecular formula is C8H8BrF3N2. The predicted octanol–water partition coefficient (Wildman–Crippen LogP) is 2.28. The highest BCUT2D eigenvalue weighted by molar-refractivity contribution is 9.10. The van der Waals surface area contributed by atoms with Gasteiger partial charge in [0.2, 0.25) is 0 Å². The van der Waals surface area contributed by atoms with E-state index in [0.29, 0.717) is 10.0 Å². The van der Waals surface area contributed by atoms with E-state index in [4.69, 9.17) is 5.73 Å². The maximum atomic E-state index is 12.1. The van der Waals surface area contributed by atoms with Gasteiger partial charge in [-0.3, -0.25) is 4.98 Å². The van der Waals surface area contributed by atoms with Crippen molar-refractivity contribution in [2.75, 3.05) is 0 Å². The van der Waals surface area contributed by atoms with Gasteiger partial charge in [-0.25, -0.2) is 0 Å². The van der Waals surface area contributed by atoms with Crippen LogP contribution in [0.1, 0.15) is 5.56 Å². The second kappa shape index (κ2) is 4.27. The molecule has 0 aliphatic carbocycles. The predicted molar refractivity (Wildman–Crippen MR) is 49.7 cm³/mol. The molecule has 78 valence electrons. The minimum Gasteiger partial charge on any atom is -0.320 e. The zero-order chi connectivity index (χ0) is 10.8. The van der Waals surface area contributed by atoms with Gasteiger partial charge < -0.3 is 5.73 Å². The number of nitrogens with two attached hydrogens (primary N) is 1. The molecule has 14 heavy (non-hydrogen) atoms. The summed E-state index contributed by atoms with van der Waals surface area (Å²) in [6, 6.07) is -0.267.